The average Bonchev–Trinajstić information content (AvgIpc) is 2.72. The standard InChI is InChI=1S/C18H23NO8S/c1-4-27-18(22)15-7-5-6-8-19(15)28(23,24)14-10-12(16(20)25-2)9-13(11-14)17(21)26-3/h9-11,15H,4-8H2,1-3H3. The number of rotatable bonds is 6. The summed E-state index contributed by atoms with van der Waals surface area (Å²) in [5.74, 6) is -2.23. The van der Waals surface area contributed by atoms with E-state index in [-0.39, 0.29) is 29.2 Å². The molecule has 28 heavy (non-hydrogen) atoms. The number of nitrogens with zero attached hydrogens (tertiary/aromatic N) is 1. The van der Waals surface area contributed by atoms with Crippen LogP contribution in [0.15, 0.2) is 23.1 Å². The summed E-state index contributed by atoms with van der Waals surface area (Å²) in [6, 6.07) is 2.46. The van der Waals surface area contributed by atoms with Crippen molar-refractivity contribution in [2.45, 2.75) is 37.1 Å². The van der Waals surface area contributed by atoms with Gasteiger partial charge in [-0.3, -0.25) is 4.79 Å². The van der Waals surface area contributed by atoms with E-state index in [0.29, 0.717) is 19.3 Å². The van der Waals surface area contributed by atoms with Crippen LogP contribution in [0.5, 0.6) is 0 Å². The van der Waals surface area contributed by atoms with Gasteiger partial charge in [-0.25, -0.2) is 18.0 Å². The van der Waals surface area contributed by atoms with Crippen LogP contribution in [0.4, 0.5) is 0 Å². The molecule has 0 saturated carbocycles. The number of methoxy groups -OCH3 is 2. The SMILES string of the molecule is CCOC(=O)C1CCCCN1S(=O)(=O)c1cc(C(=O)OC)cc(C(=O)OC)c1. The molecule has 0 amide bonds. The van der Waals surface area contributed by atoms with Crippen molar-refractivity contribution in [1.82, 2.24) is 4.31 Å². The maximum Gasteiger partial charge on any atom is 0.337 e. The number of piperidine rings is 1. The van der Waals surface area contributed by atoms with Crippen molar-refractivity contribution in [3.05, 3.63) is 29.3 Å². The van der Waals surface area contributed by atoms with Gasteiger partial charge in [0.1, 0.15) is 6.04 Å². The van der Waals surface area contributed by atoms with Gasteiger partial charge < -0.3 is 14.2 Å². The fourth-order valence-corrected chi connectivity index (χ4v) is 4.74. The normalized spacial score (nSPS) is 17.6. The van der Waals surface area contributed by atoms with Crippen LogP contribution in [0.3, 0.4) is 0 Å². The Morgan fingerprint density at radius 3 is 2.11 bits per heavy atom. The minimum absolute atomic E-state index is 0.117. The fraction of sp³-hybridized carbons (Fsp3) is 0.500. The Hall–Kier alpha value is -2.46. The monoisotopic (exact) mass is 413 g/mol. The van der Waals surface area contributed by atoms with E-state index in [4.69, 9.17) is 4.74 Å². The van der Waals surface area contributed by atoms with Crippen molar-refractivity contribution in [1.29, 1.82) is 0 Å². The molecular weight excluding hydrogens is 390 g/mol. The van der Waals surface area contributed by atoms with E-state index in [1.807, 2.05) is 0 Å². The highest BCUT2D eigenvalue weighted by Crippen LogP contribution is 2.28. The number of sulfonamides is 1. The molecule has 154 valence electrons. The molecule has 10 heteroatoms. The molecule has 1 saturated heterocycles. The van der Waals surface area contributed by atoms with Gasteiger partial charge in [0.15, 0.2) is 0 Å². The van der Waals surface area contributed by atoms with Gasteiger partial charge in [0.25, 0.3) is 0 Å². The van der Waals surface area contributed by atoms with Gasteiger partial charge in [-0.05, 0) is 44.4 Å². The molecule has 1 aliphatic heterocycles. The molecule has 0 spiro atoms. The molecule has 0 N–H and O–H groups in total. The maximum absolute atomic E-state index is 13.2. The summed E-state index contributed by atoms with van der Waals surface area (Å²) in [6.07, 6.45) is 1.60. The Morgan fingerprint density at radius 1 is 1.04 bits per heavy atom. The van der Waals surface area contributed by atoms with Gasteiger partial charge in [0, 0.05) is 6.54 Å². The molecule has 1 aliphatic rings. The van der Waals surface area contributed by atoms with Crippen LogP contribution < -0.4 is 0 Å². The van der Waals surface area contributed by atoms with E-state index in [1.165, 1.54) is 6.07 Å². The van der Waals surface area contributed by atoms with Crippen molar-refractivity contribution in [3.63, 3.8) is 0 Å². The zero-order chi connectivity index (χ0) is 20.9. The van der Waals surface area contributed by atoms with E-state index in [1.54, 1.807) is 6.92 Å². The molecule has 0 bridgehead atoms. The number of carbonyl (C=O) groups is 3. The third-order valence-corrected chi connectivity index (χ3v) is 6.25. The Kier molecular flexibility index (Phi) is 7.14. The van der Waals surface area contributed by atoms with Gasteiger partial charge in [0.05, 0.1) is 36.8 Å². The van der Waals surface area contributed by atoms with Crippen molar-refractivity contribution in [2.75, 3.05) is 27.4 Å². The molecule has 0 aliphatic carbocycles. The lowest BCUT2D eigenvalue weighted by Crippen LogP contribution is -2.48. The molecule has 1 fully saturated rings. The molecule has 0 radical (unpaired) electrons. The van der Waals surface area contributed by atoms with Crippen molar-refractivity contribution in [3.8, 4) is 0 Å². The largest absolute Gasteiger partial charge is 0.465 e. The van der Waals surface area contributed by atoms with Crippen LogP contribution in [0.1, 0.15) is 46.9 Å². The van der Waals surface area contributed by atoms with Crippen LogP contribution >= 0.6 is 0 Å². The highest BCUT2D eigenvalue weighted by Gasteiger charge is 2.39. The third kappa shape index (κ3) is 4.50. The summed E-state index contributed by atoms with van der Waals surface area (Å²) in [6.45, 7) is 1.90. The highest BCUT2D eigenvalue weighted by atomic mass is 32.2. The summed E-state index contributed by atoms with van der Waals surface area (Å²) < 4.78 is 41.8. The number of ether oxygens (including phenoxy) is 3. The third-order valence-electron chi connectivity index (χ3n) is 4.37. The van der Waals surface area contributed by atoms with E-state index >= 15 is 0 Å². The number of esters is 3. The molecule has 9 nitrogen and oxygen atoms in total. The number of benzene rings is 1. The molecule has 1 aromatic rings. The van der Waals surface area contributed by atoms with Gasteiger partial charge in [-0.15, -0.1) is 0 Å². The van der Waals surface area contributed by atoms with Crippen molar-refractivity contribution in [2.24, 2.45) is 0 Å². The van der Waals surface area contributed by atoms with Gasteiger partial charge in [-0.1, -0.05) is 0 Å². The first-order valence-electron chi connectivity index (χ1n) is 8.76. The van der Waals surface area contributed by atoms with Crippen molar-refractivity contribution < 1.29 is 37.0 Å². The second kappa shape index (κ2) is 9.16. The van der Waals surface area contributed by atoms with Gasteiger partial charge >= 0.3 is 17.9 Å². The summed E-state index contributed by atoms with van der Waals surface area (Å²) in [5, 5.41) is 0. The Bertz CT molecular complexity index is 830. The summed E-state index contributed by atoms with van der Waals surface area (Å²) >= 11 is 0. The minimum Gasteiger partial charge on any atom is -0.465 e. The Morgan fingerprint density at radius 2 is 1.61 bits per heavy atom. The lowest BCUT2D eigenvalue weighted by Gasteiger charge is -2.33. The summed E-state index contributed by atoms with van der Waals surface area (Å²) in [7, 11) is -1.90. The van der Waals surface area contributed by atoms with E-state index in [2.05, 4.69) is 9.47 Å². The van der Waals surface area contributed by atoms with Crippen LogP contribution in [-0.4, -0.2) is 64.0 Å². The van der Waals surface area contributed by atoms with Crippen LogP contribution in [-0.2, 0) is 29.0 Å². The molecule has 1 atom stereocenters. The first-order chi connectivity index (χ1) is 13.3. The Balaban J connectivity index is 2.54. The van der Waals surface area contributed by atoms with Gasteiger partial charge in [-0.2, -0.15) is 4.31 Å². The quantitative estimate of drug-likeness (QED) is 0.507. The number of hydrogen-bond acceptors (Lipinski definition) is 8. The first-order valence-corrected chi connectivity index (χ1v) is 10.2. The second-order valence-corrected chi connectivity index (χ2v) is 8.00. The van der Waals surface area contributed by atoms with Crippen molar-refractivity contribution >= 4 is 27.9 Å². The molecule has 2 rings (SSSR count). The predicted octanol–water partition coefficient (Wildman–Crippen LogP) is 1.37. The predicted molar refractivity (Wildman–Crippen MR) is 97.3 cm³/mol. The lowest BCUT2D eigenvalue weighted by atomic mass is 10.1. The lowest BCUT2D eigenvalue weighted by molar-refractivity contribution is -0.148. The molecule has 0 aromatic heterocycles. The highest BCUT2D eigenvalue weighted by molar-refractivity contribution is 7.89. The van der Waals surface area contributed by atoms with E-state index in [9.17, 15) is 22.8 Å². The molecule has 1 heterocycles. The molecule has 1 aromatic carbocycles. The molecule has 1 unspecified atom stereocenters. The minimum atomic E-state index is -4.19. The summed E-state index contributed by atoms with van der Waals surface area (Å²) in [5.41, 5.74) is -0.234. The zero-order valence-electron chi connectivity index (χ0n) is 16.0. The van der Waals surface area contributed by atoms with Gasteiger partial charge in [0.2, 0.25) is 10.0 Å². The van der Waals surface area contributed by atoms with Crippen LogP contribution in [0, 0.1) is 0 Å². The number of carbonyl (C=O) groups excluding carboxylic acids is 3. The fourth-order valence-electron chi connectivity index (χ4n) is 3.02. The van der Waals surface area contributed by atoms with E-state index < -0.39 is 34.0 Å². The summed E-state index contributed by atoms with van der Waals surface area (Å²) in [4.78, 5) is 35.8. The van der Waals surface area contributed by atoms with Crippen LogP contribution in [0.25, 0.3) is 0 Å². The molecular formula is C18H23NO8S. The maximum atomic E-state index is 13.2. The Labute approximate surface area is 163 Å². The smallest absolute Gasteiger partial charge is 0.337 e. The first kappa shape index (κ1) is 21.8. The zero-order valence-corrected chi connectivity index (χ0v) is 16.8. The topological polar surface area (TPSA) is 116 Å². The second-order valence-electron chi connectivity index (χ2n) is 6.11. The average molecular weight is 413 g/mol. The van der Waals surface area contributed by atoms with Crippen LogP contribution in [0.2, 0.25) is 0 Å². The van der Waals surface area contributed by atoms with E-state index in [0.717, 1.165) is 30.7 Å². The number of hydrogen-bond donors (Lipinski definition) is 0.